The highest BCUT2D eigenvalue weighted by Crippen LogP contribution is 2.27. The minimum Gasteiger partial charge on any atom is -0.366 e. The minimum absolute atomic E-state index is 0.0405. The van der Waals surface area contributed by atoms with Gasteiger partial charge in [-0.25, -0.2) is 12.8 Å². The molecule has 0 amide bonds. The first-order chi connectivity index (χ1) is 6.50. The number of sulfonamides is 1. The van der Waals surface area contributed by atoms with Crippen molar-refractivity contribution in [3.63, 3.8) is 0 Å². The summed E-state index contributed by atoms with van der Waals surface area (Å²) < 4.78 is 38.6. The lowest BCUT2D eigenvalue weighted by atomic mass is 10.3. The van der Waals surface area contributed by atoms with Crippen LogP contribution in [0.5, 0.6) is 0 Å². The van der Waals surface area contributed by atoms with Gasteiger partial charge in [0, 0.05) is 0 Å². The summed E-state index contributed by atoms with van der Waals surface area (Å²) in [7, 11) is -3.57. The molecule has 1 aromatic rings. The Hall–Kier alpha value is -1.14. The van der Waals surface area contributed by atoms with Gasteiger partial charge in [0.05, 0.1) is 11.9 Å². The number of rotatable bonds is 0. The Morgan fingerprint density at radius 1 is 1.43 bits per heavy atom. The van der Waals surface area contributed by atoms with E-state index in [4.69, 9.17) is 0 Å². The SMILES string of the molecule is CC1Nc2c(F)cccc2S(=O)(=O)N1. The summed E-state index contributed by atoms with van der Waals surface area (Å²) in [6.45, 7) is 1.60. The highest BCUT2D eigenvalue weighted by atomic mass is 32.2. The molecule has 1 aromatic carbocycles. The Kier molecular flexibility index (Phi) is 1.97. The van der Waals surface area contributed by atoms with E-state index in [2.05, 4.69) is 10.0 Å². The Labute approximate surface area is 81.2 Å². The van der Waals surface area contributed by atoms with E-state index < -0.39 is 22.0 Å². The first-order valence-electron chi connectivity index (χ1n) is 4.08. The van der Waals surface area contributed by atoms with Crippen LogP contribution in [0.15, 0.2) is 23.1 Å². The first-order valence-corrected chi connectivity index (χ1v) is 5.56. The van der Waals surface area contributed by atoms with Crippen molar-refractivity contribution in [2.75, 3.05) is 5.32 Å². The van der Waals surface area contributed by atoms with Crippen LogP contribution < -0.4 is 10.0 Å². The molecule has 1 aliphatic rings. The van der Waals surface area contributed by atoms with E-state index in [1.54, 1.807) is 6.92 Å². The zero-order valence-electron chi connectivity index (χ0n) is 7.41. The number of nitrogens with one attached hydrogen (secondary N) is 2. The van der Waals surface area contributed by atoms with Crippen molar-refractivity contribution in [3.8, 4) is 0 Å². The molecule has 2 N–H and O–H groups in total. The number of fused-ring (bicyclic) bond motifs is 1. The quantitative estimate of drug-likeness (QED) is 0.676. The highest BCUT2D eigenvalue weighted by molar-refractivity contribution is 7.89. The molecule has 76 valence electrons. The maximum atomic E-state index is 13.2. The van der Waals surface area contributed by atoms with Crippen LogP contribution in [0.4, 0.5) is 10.1 Å². The maximum Gasteiger partial charge on any atom is 0.244 e. The van der Waals surface area contributed by atoms with Crippen LogP contribution in [0.1, 0.15) is 6.92 Å². The molecule has 0 fully saturated rings. The van der Waals surface area contributed by atoms with E-state index in [0.717, 1.165) is 0 Å². The van der Waals surface area contributed by atoms with Crippen molar-refractivity contribution >= 4 is 15.7 Å². The molecule has 0 radical (unpaired) electrons. The third kappa shape index (κ3) is 1.36. The van der Waals surface area contributed by atoms with E-state index in [1.165, 1.54) is 18.2 Å². The molecule has 2 rings (SSSR count). The Morgan fingerprint density at radius 2 is 2.14 bits per heavy atom. The third-order valence-corrected chi connectivity index (χ3v) is 3.54. The van der Waals surface area contributed by atoms with Gasteiger partial charge >= 0.3 is 0 Å². The van der Waals surface area contributed by atoms with Crippen LogP contribution in [-0.2, 0) is 10.0 Å². The van der Waals surface area contributed by atoms with Gasteiger partial charge in [0.15, 0.2) is 0 Å². The van der Waals surface area contributed by atoms with Gasteiger partial charge < -0.3 is 5.32 Å². The second kappa shape index (κ2) is 2.93. The summed E-state index contributed by atoms with van der Waals surface area (Å²) in [5, 5.41) is 2.72. The molecule has 6 heteroatoms. The van der Waals surface area contributed by atoms with Gasteiger partial charge in [-0.1, -0.05) is 6.07 Å². The molecule has 4 nitrogen and oxygen atoms in total. The Balaban J connectivity index is 2.69. The molecule has 0 bridgehead atoms. The van der Waals surface area contributed by atoms with Crippen LogP contribution >= 0.6 is 0 Å². The van der Waals surface area contributed by atoms with Gasteiger partial charge in [0.25, 0.3) is 0 Å². The number of anilines is 1. The summed E-state index contributed by atoms with van der Waals surface area (Å²) in [5.41, 5.74) is 0.0405. The molecule has 0 saturated heterocycles. The van der Waals surface area contributed by atoms with Crippen molar-refractivity contribution < 1.29 is 12.8 Å². The standard InChI is InChI=1S/C8H9FN2O2S/c1-5-10-8-6(9)3-2-4-7(8)14(12,13)11-5/h2-5,10-11H,1H3. The molecule has 0 aliphatic carbocycles. The van der Waals surface area contributed by atoms with Gasteiger partial charge in [-0.3, -0.25) is 0 Å². The van der Waals surface area contributed by atoms with Crippen molar-refractivity contribution in [3.05, 3.63) is 24.0 Å². The fourth-order valence-electron chi connectivity index (χ4n) is 1.41. The van der Waals surface area contributed by atoms with Crippen molar-refractivity contribution in [1.82, 2.24) is 4.72 Å². The van der Waals surface area contributed by atoms with E-state index in [9.17, 15) is 12.8 Å². The topological polar surface area (TPSA) is 58.2 Å². The average Bonchev–Trinajstić information content (AvgIpc) is 2.05. The lowest BCUT2D eigenvalue weighted by Crippen LogP contribution is -2.42. The van der Waals surface area contributed by atoms with E-state index in [1.807, 2.05) is 0 Å². The van der Waals surface area contributed by atoms with Gasteiger partial charge in [-0.05, 0) is 19.1 Å². The number of halogens is 1. The van der Waals surface area contributed by atoms with E-state index >= 15 is 0 Å². The highest BCUT2D eigenvalue weighted by Gasteiger charge is 2.28. The maximum absolute atomic E-state index is 13.2. The summed E-state index contributed by atoms with van der Waals surface area (Å²) in [6, 6.07) is 3.95. The molecule has 1 aliphatic heterocycles. The summed E-state index contributed by atoms with van der Waals surface area (Å²) in [4.78, 5) is -0.0457. The van der Waals surface area contributed by atoms with Crippen LogP contribution in [0.3, 0.4) is 0 Å². The zero-order valence-corrected chi connectivity index (χ0v) is 8.23. The number of hydrogen-bond donors (Lipinski definition) is 2. The van der Waals surface area contributed by atoms with Crippen molar-refractivity contribution in [2.24, 2.45) is 0 Å². The largest absolute Gasteiger partial charge is 0.366 e. The Morgan fingerprint density at radius 3 is 2.86 bits per heavy atom. The second-order valence-corrected chi connectivity index (χ2v) is 4.78. The first kappa shape index (κ1) is 9.42. The summed E-state index contributed by atoms with van der Waals surface area (Å²) >= 11 is 0. The second-order valence-electron chi connectivity index (χ2n) is 3.10. The fraction of sp³-hybridized carbons (Fsp3) is 0.250. The van der Waals surface area contributed by atoms with Crippen LogP contribution in [0.2, 0.25) is 0 Å². The lowest BCUT2D eigenvalue weighted by Gasteiger charge is -2.25. The van der Waals surface area contributed by atoms with Crippen LogP contribution in [0, 0.1) is 5.82 Å². The normalized spacial score (nSPS) is 23.7. The van der Waals surface area contributed by atoms with Gasteiger partial charge in [0.1, 0.15) is 10.7 Å². The lowest BCUT2D eigenvalue weighted by molar-refractivity contribution is 0.557. The average molecular weight is 216 g/mol. The third-order valence-electron chi connectivity index (χ3n) is 1.96. The molecule has 1 unspecified atom stereocenters. The smallest absolute Gasteiger partial charge is 0.244 e. The molecular formula is C8H9FN2O2S. The number of benzene rings is 1. The summed E-state index contributed by atoms with van der Waals surface area (Å²) in [5.74, 6) is -0.556. The van der Waals surface area contributed by atoms with Gasteiger partial charge in [0.2, 0.25) is 10.0 Å². The van der Waals surface area contributed by atoms with Crippen LogP contribution in [-0.4, -0.2) is 14.6 Å². The van der Waals surface area contributed by atoms with Crippen molar-refractivity contribution in [2.45, 2.75) is 18.0 Å². The van der Waals surface area contributed by atoms with Crippen molar-refractivity contribution in [1.29, 1.82) is 0 Å². The number of hydrogen-bond acceptors (Lipinski definition) is 3. The minimum atomic E-state index is -3.57. The number of para-hydroxylation sites is 1. The summed E-state index contributed by atoms with van der Waals surface area (Å²) in [6.07, 6.45) is -0.496. The molecule has 14 heavy (non-hydrogen) atoms. The Bertz CT molecular complexity index is 472. The molecule has 1 heterocycles. The van der Waals surface area contributed by atoms with E-state index in [0.29, 0.717) is 0 Å². The monoisotopic (exact) mass is 216 g/mol. The predicted molar refractivity (Wildman–Crippen MR) is 49.8 cm³/mol. The molecular weight excluding hydrogens is 207 g/mol. The molecule has 0 spiro atoms. The van der Waals surface area contributed by atoms with Gasteiger partial charge in [-0.15, -0.1) is 0 Å². The molecule has 0 aromatic heterocycles. The molecule has 1 atom stereocenters. The van der Waals surface area contributed by atoms with Gasteiger partial charge in [-0.2, -0.15) is 4.72 Å². The molecule has 0 saturated carbocycles. The zero-order chi connectivity index (χ0) is 10.3. The fourth-order valence-corrected chi connectivity index (χ4v) is 2.74. The van der Waals surface area contributed by atoms with E-state index in [-0.39, 0.29) is 10.6 Å². The predicted octanol–water partition coefficient (Wildman–Crippen LogP) is 0.875. The van der Waals surface area contributed by atoms with Crippen LogP contribution in [0.25, 0.3) is 0 Å².